The maximum atomic E-state index is 13.7. The molecule has 142 valence electrons. The van der Waals surface area contributed by atoms with Crippen molar-refractivity contribution in [3.63, 3.8) is 0 Å². The first-order valence-corrected chi connectivity index (χ1v) is 9.59. The van der Waals surface area contributed by atoms with Crippen molar-refractivity contribution in [2.45, 2.75) is 51.4 Å². The zero-order valence-electron chi connectivity index (χ0n) is 15.0. The van der Waals surface area contributed by atoms with E-state index in [-0.39, 0.29) is 29.3 Å². The average Bonchev–Trinajstić information content (AvgIpc) is 2.93. The third kappa shape index (κ3) is 4.59. The lowest BCUT2D eigenvalue weighted by Crippen LogP contribution is -2.39. The molecule has 1 heterocycles. The van der Waals surface area contributed by atoms with Gasteiger partial charge in [0.25, 0.3) is 0 Å². The molecule has 0 atom stereocenters. The molecular formula is C20H26F2N2O2. The predicted octanol–water partition coefficient (Wildman–Crippen LogP) is 4.11. The van der Waals surface area contributed by atoms with Crippen LogP contribution in [-0.2, 0) is 9.59 Å². The Morgan fingerprint density at radius 1 is 0.923 bits per heavy atom. The first kappa shape index (κ1) is 18.8. The molecule has 1 saturated carbocycles. The van der Waals surface area contributed by atoms with Gasteiger partial charge in [0.1, 0.15) is 11.6 Å². The van der Waals surface area contributed by atoms with Crippen molar-refractivity contribution in [1.82, 2.24) is 4.90 Å². The number of hydrogen-bond donors (Lipinski definition) is 1. The van der Waals surface area contributed by atoms with Crippen molar-refractivity contribution in [3.8, 4) is 0 Å². The number of nitrogens with one attached hydrogen (secondary N) is 1. The van der Waals surface area contributed by atoms with Gasteiger partial charge in [-0.2, -0.15) is 0 Å². The summed E-state index contributed by atoms with van der Waals surface area (Å²) in [7, 11) is 0. The van der Waals surface area contributed by atoms with Crippen molar-refractivity contribution in [2.75, 3.05) is 18.4 Å². The van der Waals surface area contributed by atoms with Gasteiger partial charge in [-0.3, -0.25) is 9.59 Å². The van der Waals surface area contributed by atoms with Gasteiger partial charge in [-0.25, -0.2) is 8.78 Å². The van der Waals surface area contributed by atoms with Gasteiger partial charge >= 0.3 is 0 Å². The fraction of sp³-hybridized carbons (Fsp3) is 0.600. The minimum absolute atomic E-state index is 0.000271. The molecule has 1 aliphatic heterocycles. The second-order valence-electron chi connectivity index (χ2n) is 7.40. The van der Waals surface area contributed by atoms with E-state index in [0.717, 1.165) is 38.1 Å². The molecule has 1 aromatic carbocycles. The highest BCUT2D eigenvalue weighted by Crippen LogP contribution is 2.31. The van der Waals surface area contributed by atoms with Gasteiger partial charge in [-0.15, -0.1) is 0 Å². The number of carbonyl (C=O) groups excluding carboxylic acids is 2. The lowest BCUT2D eigenvalue weighted by molar-refractivity contribution is -0.137. The number of anilines is 1. The molecule has 1 aliphatic carbocycles. The third-order valence-electron chi connectivity index (χ3n) is 5.55. The number of hydrogen-bond acceptors (Lipinski definition) is 2. The topological polar surface area (TPSA) is 49.4 Å². The summed E-state index contributed by atoms with van der Waals surface area (Å²) in [6.07, 6.45) is 7.17. The molecule has 2 aliphatic rings. The summed E-state index contributed by atoms with van der Waals surface area (Å²) in [4.78, 5) is 27.0. The van der Waals surface area contributed by atoms with E-state index in [9.17, 15) is 18.4 Å². The van der Waals surface area contributed by atoms with Crippen LogP contribution in [0.4, 0.5) is 14.5 Å². The van der Waals surface area contributed by atoms with Crippen LogP contribution in [0.3, 0.4) is 0 Å². The Morgan fingerprint density at radius 2 is 1.54 bits per heavy atom. The van der Waals surface area contributed by atoms with Crippen LogP contribution >= 0.6 is 0 Å². The van der Waals surface area contributed by atoms with Crippen molar-refractivity contribution in [1.29, 1.82) is 0 Å². The molecule has 0 radical (unpaired) electrons. The number of halogens is 2. The van der Waals surface area contributed by atoms with Gasteiger partial charge in [0.2, 0.25) is 11.8 Å². The van der Waals surface area contributed by atoms with Gasteiger partial charge in [0.15, 0.2) is 0 Å². The molecule has 2 fully saturated rings. The lowest BCUT2D eigenvalue weighted by atomic mass is 9.81. The molecule has 3 rings (SSSR count). The smallest absolute Gasteiger partial charge is 0.227 e. The monoisotopic (exact) mass is 364 g/mol. The summed E-state index contributed by atoms with van der Waals surface area (Å²) in [6.45, 7) is 1.70. The Balaban J connectivity index is 1.51. The van der Waals surface area contributed by atoms with E-state index in [1.54, 1.807) is 0 Å². The van der Waals surface area contributed by atoms with Crippen molar-refractivity contribution >= 4 is 17.5 Å². The maximum Gasteiger partial charge on any atom is 0.227 e. The Bertz CT molecular complexity index is 649. The van der Waals surface area contributed by atoms with E-state index >= 15 is 0 Å². The molecule has 26 heavy (non-hydrogen) atoms. The summed E-state index contributed by atoms with van der Waals surface area (Å²) >= 11 is 0. The lowest BCUT2D eigenvalue weighted by Gasteiger charge is -2.31. The normalized spacial score (nSPS) is 24.0. The number of carbonyl (C=O) groups is 2. The van der Waals surface area contributed by atoms with Crippen LogP contribution in [0.25, 0.3) is 0 Å². The molecule has 1 saturated heterocycles. The molecule has 0 unspecified atom stereocenters. The van der Waals surface area contributed by atoms with Gasteiger partial charge < -0.3 is 10.2 Å². The van der Waals surface area contributed by atoms with Crippen molar-refractivity contribution in [3.05, 3.63) is 29.8 Å². The Hall–Kier alpha value is -1.98. The second kappa shape index (κ2) is 8.60. The van der Waals surface area contributed by atoms with E-state index in [1.165, 1.54) is 18.9 Å². The van der Waals surface area contributed by atoms with Crippen molar-refractivity contribution in [2.24, 2.45) is 11.8 Å². The minimum atomic E-state index is -0.775. The third-order valence-corrected chi connectivity index (χ3v) is 5.55. The van der Waals surface area contributed by atoms with Crippen LogP contribution in [0.1, 0.15) is 51.4 Å². The number of rotatable bonds is 3. The zero-order valence-corrected chi connectivity index (χ0v) is 15.0. The van der Waals surface area contributed by atoms with Crippen LogP contribution in [0.15, 0.2) is 18.2 Å². The van der Waals surface area contributed by atoms with Crippen LogP contribution < -0.4 is 5.32 Å². The summed E-state index contributed by atoms with van der Waals surface area (Å²) in [5, 5.41) is 2.55. The Morgan fingerprint density at radius 3 is 2.15 bits per heavy atom. The predicted molar refractivity (Wildman–Crippen MR) is 95.5 cm³/mol. The Kier molecular flexibility index (Phi) is 6.22. The van der Waals surface area contributed by atoms with Crippen LogP contribution in [0.5, 0.6) is 0 Å². The molecule has 0 aromatic heterocycles. The van der Waals surface area contributed by atoms with Gasteiger partial charge in [-0.1, -0.05) is 12.8 Å². The first-order chi connectivity index (χ1) is 12.5. The quantitative estimate of drug-likeness (QED) is 0.877. The van der Waals surface area contributed by atoms with Crippen molar-refractivity contribution < 1.29 is 18.4 Å². The highest BCUT2D eigenvalue weighted by Gasteiger charge is 2.32. The number of amides is 2. The highest BCUT2D eigenvalue weighted by molar-refractivity contribution is 5.92. The van der Waals surface area contributed by atoms with E-state index in [0.29, 0.717) is 25.7 Å². The average molecular weight is 364 g/mol. The molecule has 4 nitrogen and oxygen atoms in total. The highest BCUT2D eigenvalue weighted by atomic mass is 19.1. The number of nitrogens with zero attached hydrogens (tertiary/aromatic N) is 1. The van der Waals surface area contributed by atoms with Crippen LogP contribution in [-0.4, -0.2) is 29.8 Å². The Labute approximate surface area is 152 Å². The zero-order chi connectivity index (χ0) is 18.5. The molecule has 2 amide bonds. The standard InChI is InChI=1S/C20H26F2N2O2/c21-16-9-10-18(17(22)13-16)23-19(25)14-5-7-15(8-6-14)20(26)24-11-3-1-2-4-12-24/h9-10,13-15H,1-8,11-12H2,(H,23,25). The van der Waals surface area contributed by atoms with E-state index in [1.807, 2.05) is 4.90 Å². The van der Waals surface area contributed by atoms with E-state index in [4.69, 9.17) is 0 Å². The van der Waals surface area contributed by atoms with E-state index < -0.39 is 11.6 Å². The van der Waals surface area contributed by atoms with Crippen LogP contribution in [0.2, 0.25) is 0 Å². The molecule has 6 heteroatoms. The molecule has 1 aromatic rings. The SMILES string of the molecule is O=C(Nc1ccc(F)cc1F)C1CCC(C(=O)N2CCCCCC2)CC1. The fourth-order valence-corrected chi connectivity index (χ4v) is 3.98. The first-order valence-electron chi connectivity index (χ1n) is 9.59. The minimum Gasteiger partial charge on any atom is -0.342 e. The summed E-state index contributed by atoms with van der Waals surface area (Å²) in [6, 6.07) is 3.11. The van der Waals surface area contributed by atoms with Gasteiger partial charge in [0, 0.05) is 31.0 Å². The number of benzene rings is 1. The van der Waals surface area contributed by atoms with Gasteiger partial charge in [-0.05, 0) is 50.7 Å². The summed E-state index contributed by atoms with van der Waals surface area (Å²) in [5.74, 6) is -1.70. The van der Waals surface area contributed by atoms with E-state index in [2.05, 4.69) is 5.32 Å². The molecule has 0 spiro atoms. The molecule has 1 N–H and O–H groups in total. The second-order valence-corrected chi connectivity index (χ2v) is 7.40. The number of likely N-dealkylation sites (tertiary alicyclic amines) is 1. The van der Waals surface area contributed by atoms with Crippen LogP contribution in [0, 0.1) is 23.5 Å². The summed E-state index contributed by atoms with van der Waals surface area (Å²) in [5.41, 5.74) is -0.000772. The summed E-state index contributed by atoms with van der Waals surface area (Å²) < 4.78 is 26.6. The maximum absolute atomic E-state index is 13.7. The molecular weight excluding hydrogens is 338 g/mol. The van der Waals surface area contributed by atoms with Gasteiger partial charge in [0.05, 0.1) is 5.69 Å². The molecule has 0 bridgehead atoms. The fourth-order valence-electron chi connectivity index (χ4n) is 3.98. The largest absolute Gasteiger partial charge is 0.342 e.